The molecule has 0 aliphatic carbocycles. The predicted molar refractivity (Wildman–Crippen MR) is 237 cm³/mol. The molecule has 0 bridgehead atoms. The van der Waals surface area contributed by atoms with Crippen LogP contribution in [0.2, 0.25) is 0 Å². The molecule has 338 valence electrons. The zero-order chi connectivity index (χ0) is 44.5. The first-order chi connectivity index (χ1) is 31.3. The second-order valence-electron chi connectivity index (χ2n) is 15.9. The molecule has 13 heteroatoms. The van der Waals surface area contributed by atoms with E-state index in [1.165, 1.54) is 13.8 Å². The quantitative estimate of drug-likeness (QED) is 0.0795. The fraction of sp³-hybridized carbons (Fsp3) is 0.373. The number of hydrogen-bond acceptors (Lipinski definition) is 11. The van der Waals surface area contributed by atoms with Gasteiger partial charge in [0, 0.05) is 13.8 Å². The Balaban J connectivity index is 1.25. The van der Waals surface area contributed by atoms with Crippen molar-refractivity contribution in [1.82, 2.24) is 10.6 Å². The second-order valence-corrected chi connectivity index (χ2v) is 15.9. The normalized spacial score (nSPS) is 25.6. The van der Waals surface area contributed by atoms with Crippen molar-refractivity contribution in [2.75, 3.05) is 13.2 Å². The van der Waals surface area contributed by atoms with E-state index in [9.17, 15) is 14.7 Å². The van der Waals surface area contributed by atoms with Crippen LogP contribution in [0.4, 0.5) is 0 Å². The fourth-order valence-corrected chi connectivity index (χ4v) is 7.94. The minimum Gasteiger partial charge on any atom is -0.374 e. The van der Waals surface area contributed by atoms with Crippen LogP contribution in [-0.4, -0.2) is 91.4 Å². The van der Waals surface area contributed by atoms with Crippen molar-refractivity contribution >= 4 is 11.8 Å². The first kappa shape index (κ1) is 46.7. The van der Waals surface area contributed by atoms with Crippen molar-refractivity contribution < 1.29 is 52.6 Å². The molecule has 2 amide bonds. The van der Waals surface area contributed by atoms with E-state index in [1.807, 2.05) is 152 Å². The molecule has 2 saturated heterocycles. The van der Waals surface area contributed by atoms with Gasteiger partial charge in [-0.2, -0.15) is 0 Å². The average Bonchev–Trinajstić information content (AvgIpc) is 3.31. The molecular formula is C51H58N2O11. The number of amides is 2. The van der Waals surface area contributed by atoms with Gasteiger partial charge in [0.05, 0.1) is 46.2 Å². The van der Waals surface area contributed by atoms with E-state index >= 15 is 0 Å². The largest absolute Gasteiger partial charge is 0.374 e. The third-order valence-corrected chi connectivity index (χ3v) is 11.0. The van der Waals surface area contributed by atoms with E-state index in [2.05, 4.69) is 10.6 Å². The summed E-state index contributed by atoms with van der Waals surface area (Å²) in [6.45, 7) is 3.86. The summed E-state index contributed by atoms with van der Waals surface area (Å²) in [5, 5.41) is 17.4. The van der Waals surface area contributed by atoms with Crippen LogP contribution >= 0.6 is 0 Å². The number of benzene rings is 5. The van der Waals surface area contributed by atoms with Gasteiger partial charge in [0.25, 0.3) is 0 Å². The molecule has 7 rings (SSSR count). The van der Waals surface area contributed by atoms with Gasteiger partial charge in [-0.1, -0.05) is 152 Å². The van der Waals surface area contributed by atoms with Gasteiger partial charge in [0.1, 0.15) is 48.7 Å². The molecule has 2 heterocycles. The van der Waals surface area contributed by atoms with Gasteiger partial charge in [-0.25, -0.2) is 0 Å². The maximum Gasteiger partial charge on any atom is 0.217 e. The molecule has 5 aromatic carbocycles. The summed E-state index contributed by atoms with van der Waals surface area (Å²) in [5.74, 6) is -0.769. The van der Waals surface area contributed by atoms with Crippen LogP contribution in [-0.2, 0) is 80.5 Å². The van der Waals surface area contributed by atoms with E-state index in [1.54, 1.807) is 0 Å². The van der Waals surface area contributed by atoms with Gasteiger partial charge in [-0.15, -0.1) is 0 Å². The predicted octanol–water partition coefficient (Wildman–Crippen LogP) is 6.01. The number of carbonyl (C=O) groups excluding carboxylic acids is 2. The summed E-state index contributed by atoms with van der Waals surface area (Å²) < 4.78 is 53.1. The smallest absolute Gasteiger partial charge is 0.217 e. The summed E-state index contributed by atoms with van der Waals surface area (Å²) in [6.07, 6.45) is -8.15. The third kappa shape index (κ3) is 13.6. The minimum atomic E-state index is -1.50. The molecule has 2 aliphatic heterocycles. The molecule has 0 radical (unpaired) electrons. The van der Waals surface area contributed by atoms with Crippen molar-refractivity contribution in [2.24, 2.45) is 0 Å². The number of ether oxygens (including phenoxy) is 8. The molecule has 64 heavy (non-hydrogen) atoms. The monoisotopic (exact) mass is 874 g/mol. The molecule has 0 saturated carbocycles. The number of rotatable bonds is 21. The standard InChI is InChI=1S/C51H58N2O11/c1-35(54)52-44-48(60-31-40-24-14-6-15-25-40)47(43(62-50(44)56)34-58-29-38-20-10-4-11-21-38)64-51-45(53-36(2)55)49(61-32-41-26-16-7-17-27-41)46(59-30-39-22-12-5-13-23-39)42(63-51)33-57-28-37-18-8-3-9-19-37/h3-27,42-51,56H,28-34H2,1-2H3,(H,52,54)(H,53,55)/t42-,43-,44-,45-,46-,47-,48-,49-,50-,51+/m1/s1. The Morgan fingerprint density at radius 2 is 0.812 bits per heavy atom. The zero-order valence-corrected chi connectivity index (χ0v) is 36.2. The number of carbonyl (C=O) groups is 2. The number of aliphatic hydroxyl groups is 1. The van der Waals surface area contributed by atoms with E-state index in [0.29, 0.717) is 6.61 Å². The Kier molecular flexibility index (Phi) is 17.6. The van der Waals surface area contributed by atoms with E-state index in [0.717, 1.165) is 27.8 Å². The van der Waals surface area contributed by atoms with Crippen LogP contribution in [0.15, 0.2) is 152 Å². The van der Waals surface area contributed by atoms with Gasteiger partial charge in [-0.3, -0.25) is 9.59 Å². The Morgan fingerprint density at radius 3 is 1.22 bits per heavy atom. The van der Waals surface area contributed by atoms with Crippen LogP contribution in [0.25, 0.3) is 0 Å². The highest BCUT2D eigenvalue weighted by atomic mass is 16.7. The van der Waals surface area contributed by atoms with Gasteiger partial charge in [0.2, 0.25) is 11.8 Å². The van der Waals surface area contributed by atoms with E-state index < -0.39 is 67.2 Å². The maximum absolute atomic E-state index is 13.3. The summed E-state index contributed by atoms with van der Waals surface area (Å²) in [5.41, 5.74) is 4.60. The zero-order valence-electron chi connectivity index (χ0n) is 36.2. The molecule has 10 atom stereocenters. The number of aliphatic hydroxyl groups excluding tert-OH is 1. The molecule has 0 spiro atoms. The topological polar surface area (TPSA) is 152 Å². The number of nitrogens with one attached hydrogen (secondary N) is 2. The minimum absolute atomic E-state index is 0.0352. The molecule has 2 aliphatic rings. The molecule has 2 fully saturated rings. The molecule has 0 aromatic heterocycles. The highest BCUT2D eigenvalue weighted by molar-refractivity contribution is 5.73. The summed E-state index contributed by atoms with van der Waals surface area (Å²) >= 11 is 0. The Bertz CT molecular complexity index is 2120. The third-order valence-electron chi connectivity index (χ3n) is 11.0. The summed E-state index contributed by atoms with van der Waals surface area (Å²) in [4.78, 5) is 26.0. The number of hydrogen-bond donors (Lipinski definition) is 3. The molecule has 13 nitrogen and oxygen atoms in total. The van der Waals surface area contributed by atoms with Crippen LogP contribution < -0.4 is 10.6 Å². The van der Waals surface area contributed by atoms with Gasteiger partial charge < -0.3 is 53.6 Å². The van der Waals surface area contributed by atoms with Gasteiger partial charge in [0.15, 0.2) is 12.6 Å². The lowest BCUT2D eigenvalue weighted by molar-refractivity contribution is -0.340. The average molecular weight is 875 g/mol. The second kappa shape index (κ2) is 24.1. The van der Waals surface area contributed by atoms with E-state index in [-0.39, 0.29) is 45.5 Å². The van der Waals surface area contributed by atoms with Crippen molar-refractivity contribution in [3.63, 3.8) is 0 Å². The first-order valence-electron chi connectivity index (χ1n) is 21.7. The van der Waals surface area contributed by atoms with Gasteiger partial charge in [-0.05, 0) is 27.8 Å². The molecular weight excluding hydrogens is 817 g/mol. The van der Waals surface area contributed by atoms with Crippen molar-refractivity contribution in [3.8, 4) is 0 Å². The Morgan fingerprint density at radius 1 is 0.469 bits per heavy atom. The van der Waals surface area contributed by atoms with E-state index in [4.69, 9.17) is 37.9 Å². The summed E-state index contributed by atoms with van der Waals surface area (Å²) in [6, 6.07) is 46.5. The van der Waals surface area contributed by atoms with Crippen molar-refractivity contribution in [3.05, 3.63) is 179 Å². The van der Waals surface area contributed by atoms with Crippen LogP contribution in [0, 0.1) is 0 Å². The van der Waals surface area contributed by atoms with Crippen molar-refractivity contribution in [1.29, 1.82) is 0 Å². The Labute approximate surface area is 374 Å². The Hall–Kier alpha value is -5.32. The molecule has 5 aromatic rings. The van der Waals surface area contributed by atoms with Crippen LogP contribution in [0.3, 0.4) is 0 Å². The molecule has 0 unspecified atom stereocenters. The van der Waals surface area contributed by atoms with Crippen LogP contribution in [0.5, 0.6) is 0 Å². The highest BCUT2D eigenvalue weighted by Crippen LogP contribution is 2.34. The van der Waals surface area contributed by atoms with Gasteiger partial charge >= 0.3 is 0 Å². The first-order valence-corrected chi connectivity index (χ1v) is 21.7. The SMILES string of the molecule is CC(=O)N[C@@H]1[C@@H](OCc2ccccc2)[C@H](O[C@@H]2O[C@H](COCc3ccccc3)[C@@H](OCc3ccccc3)[C@H](OCc3ccccc3)[C@H]2NC(C)=O)[C@@H](COCc2ccccc2)O[C@H]1O. The molecule has 3 N–H and O–H groups in total. The summed E-state index contributed by atoms with van der Waals surface area (Å²) in [7, 11) is 0. The lowest BCUT2D eigenvalue weighted by Gasteiger charge is -2.50. The fourth-order valence-electron chi connectivity index (χ4n) is 7.94. The lowest BCUT2D eigenvalue weighted by Crippen LogP contribution is -2.70. The highest BCUT2D eigenvalue weighted by Gasteiger charge is 2.54. The van der Waals surface area contributed by atoms with Crippen LogP contribution in [0.1, 0.15) is 41.7 Å². The maximum atomic E-state index is 13.3. The lowest BCUT2D eigenvalue weighted by atomic mass is 9.93. The van der Waals surface area contributed by atoms with Crippen molar-refractivity contribution in [2.45, 2.75) is 108 Å².